The molecule has 1 amide bonds. The summed E-state index contributed by atoms with van der Waals surface area (Å²) in [7, 11) is 1.34. The fourth-order valence-corrected chi connectivity index (χ4v) is 2.57. The largest absolute Gasteiger partial charge is 0.465 e. The van der Waals surface area contributed by atoms with Crippen LogP contribution in [0.2, 0.25) is 0 Å². The van der Waals surface area contributed by atoms with Crippen LogP contribution < -0.4 is 10.6 Å². The zero-order valence-electron chi connectivity index (χ0n) is 14.4. The number of nitrogens with zero attached hydrogens (tertiary/aromatic N) is 2. The highest BCUT2D eigenvalue weighted by Gasteiger charge is 2.17. The molecule has 26 heavy (non-hydrogen) atoms. The molecule has 1 aliphatic heterocycles. The van der Waals surface area contributed by atoms with Crippen LogP contribution in [0.1, 0.15) is 33.7 Å². The first-order chi connectivity index (χ1) is 12.7. The van der Waals surface area contributed by atoms with E-state index in [1.54, 1.807) is 24.3 Å². The molecule has 2 heterocycles. The molecule has 2 N–H and O–H groups in total. The van der Waals surface area contributed by atoms with Crippen molar-refractivity contribution < 1.29 is 19.1 Å². The molecule has 1 aromatic carbocycles. The summed E-state index contributed by atoms with van der Waals surface area (Å²) >= 11 is 0. The molecule has 1 aromatic heterocycles. The van der Waals surface area contributed by atoms with Crippen molar-refractivity contribution in [2.75, 3.05) is 25.6 Å². The Kier molecular flexibility index (Phi) is 5.75. The Morgan fingerprint density at radius 3 is 2.65 bits per heavy atom. The molecule has 1 unspecified atom stereocenters. The average Bonchev–Trinajstić information content (AvgIpc) is 3.20. The first-order valence-electron chi connectivity index (χ1n) is 8.33. The van der Waals surface area contributed by atoms with Gasteiger partial charge in [0.2, 0.25) is 0 Å². The lowest BCUT2D eigenvalue weighted by Crippen LogP contribution is -2.32. The third-order valence-corrected chi connectivity index (χ3v) is 3.98. The second-order valence-corrected chi connectivity index (χ2v) is 5.83. The highest BCUT2D eigenvalue weighted by molar-refractivity contribution is 5.92. The van der Waals surface area contributed by atoms with Gasteiger partial charge in [-0.25, -0.2) is 14.8 Å². The summed E-state index contributed by atoms with van der Waals surface area (Å²) in [5.74, 6) is -0.178. The van der Waals surface area contributed by atoms with Gasteiger partial charge in [0.25, 0.3) is 5.91 Å². The van der Waals surface area contributed by atoms with E-state index in [0.29, 0.717) is 17.9 Å². The zero-order valence-corrected chi connectivity index (χ0v) is 14.4. The molecule has 8 heteroatoms. The minimum Gasteiger partial charge on any atom is -0.465 e. The van der Waals surface area contributed by atoms with Crippen LogP contribution >= 0.6 is 0 Å². The van der Waals surface area contributed by atoms with E-state index in [1.807, 2.05) is 0 Å². The summed E-state index contributed by atoms with van der Waals surface area (Å²) < 4.78 is 10.1. The van der Waals surface area contributed by atoms with Gasteiger partial charge in [-0.05, 0) is 37.1 Å². The van der Waals surface area contributed by atoms with E-state index in [0.717, 1.165) is 25.1 Å². The third kappa shape index (κ3) is 4.54. The number of hydrogen-bond acceptors (Lipinski definition) is 7. The first-order valence-corrected chi connectivity index (χ1v) is 8.33. The first kappa shape index (κ1) is 17.8. The molecule has 8 nitrogen and oxygen atoms in total. The predicted molar refractivity (Wildman–Crippen MR) is 94.4 cm³/mol. The lowest BCUT2D eigenvalue weighted by Gasteiger charge is -2.10. The van der Waals surface area contributed by atoms with Crippen molar-refractivity contribution in [1.29, 1.82) is 0 Å². The second kappa shape index (κ2) is 8.39. The summed E-state index contributed by atoms with van der Waals surface area (Å²) in [5.41, 5.74) is 1.44. The maximum absolute atomic E-state index is 12.1. The zero-order chi connectivity index (χ0) is 18.4. The van der Waals surface area contributed by atoms with Crippen LogP contribution in [0.4, 0.5) is 11.5 Å². The van der Waals surface area contributed by atoms with Gasteiger partial charge in [-0.15, -0.1) is 0 Å². The van der Waals surface area contributed by atoms with Crippen LogP contribution in [0, 0.1) is 0 Å². The summed E-state index contributed by atoms with van der Waals surface area (Å²) in [5, 5.41) is 5.86. The van der Waals surface area contributed by atoms with Crippen LogP contribution in [0.25, 0.3) is 0 Å². The second-order valence-electron chi connectivity index (χ2n) is 5.83. The van der Waals surface area contributed by atoms with Crippen molar-refractivity contribution in [3.05, 3.63) is 47.9 Å². The van der Waals surface area contributed by atoms with Crippen LogP contribution in [-0.4, -0.2) is 48.2 Å². The number of ether oxygens (including phenoxy) is 2. The number of hydrogen-bond donors (Lipinski definition) is 2. The SMILES string of the molecule is COC(=O)c1ccc(Nc2cnc(C(=O)NCC3CCCO3)cn2)cc1. The van der Waals surface area contributed by atoms with Gasteiger partial charge in [0.05, 0.1) is 31.2 Å². The Bertz CT molecular complexity index is 756. The van der Waals surface area contributed by atoms with Crippen molar-refractivity contribution in [2.45, 2.75) is 18.9 Å². The maximum Gasteiger partial charge on any atom is 0.337 e. The summed E-state index contributed by atoms with van der Waals surface area (Å²) in [6.45, 7) is 1.23. The molecule has 3 rings (SSSR count). The normalized spacial score (nSPS) is 16.1. The molecular weight excluding hydrogens is 336 g/mol. The van der Waals surface area contributed by atoms with E-state index in [2.05, 4.69) is 25.3 Å². The van der Waals surface area contributed by atoms with Gasteiger partial charge in [-0.1, -0.05) is 0 Å². The van der Waals surface area contributed by atoms with E-state index < -0.39 is 5.97 Å². The minimum atomic E-state index is -0.394. The van der Waals surface area contributed by atoms with Gasteiger partial charge in [0, 0.05) is 18.8 Å². The number of esters is 1. The molecule has 2 aromatic rings. The average molecular weight is 356 g/mol. The smallest absolute Gasteiger partial charge is 0.337 e. The van der Waals surface area contributed by atoms with E-state index in [4.69, 9.17) is 4.74 Å². The third-order valence-electron chi connectivity index (χ3n) is 3.98. The fraction of sp³-hybridized carbons (Fsp3) is 0.333. The summed E-state index contributed by atoms with van der Waals surface area (Å²) in [4.78, 5) is 31.8. The molecule has 1 aliphatic rings. The lowest BCUT2D eigenvalue weighted by molar-refractivity contribution is 0.0600. The number of rotatable bonds is 6. The Balaban J connectivity index is 1.55. The monoisotopic (exact) mass is 356 g/mol. The Morgan fingerprint density at radius 2 is 2.04 bits per heavy atom. The molecule has 1 saturated heterocycles. The summed E-state index contributed by atoms with van der Waals surface area (Å²) in [6.07, 6.45) is 4.97. The van der Waals surface area contributed by atoms with E-state index in [9.17, 15) is 9.59 Å². The molecule has 0 spiro atoms. The number of benzene rings is 1. The van der Waals surface area contributed by atoms with Crippen LogP contribution in [0.5, 0.6) is 0 Å². The maximum atomic E-state index is 12.1. The molecular formula is C18H20N4O4. The van der Waals surface area contributed by atoms with Gasteiger partial charge in [-0.2, -0.15) is 0 Å². The minimum absolute atomic E-state index is 0.0841. The molecule has 0 saturated carbocycles. The number of methoxy groups -OCH3 is 1. The number of carbonyl (C=O) groups is 2. The molecule has 0 aliphatic carbocycles. The number of anilines is 2. The Hall–Kier alpha value is -3.00. The lowest BCUT2D eigenvalue weighted by atomic mass is 10.2. The summed E-state index contributed by atoms with van der Waals surface area (Å²) in [6, 6.07) is 6.76. The van der Waals surface area contributed by atoms with Crippen molar-refractivity contribution >= 4 is 23.4 Å². The van der Waals surface area contributed by atoms with Crippen molar-refractivity contribution in [1.82, 2.24) is 15.3 Å². The standard InChI is InChI=1S/C18H20N4O4/c1-25-18(24)12-4-6-13(7-5-12)22-16-11-19-15(10-20-16)17(23)21-9-14-3-2-8-26-14/h4-7,10-11,14H,2-3,8-9H2,1H3,(H,20,22)(H,21,23). The van der Waals surface area contributed by atoms with E-state index in [1.165, 1.54) is 19.5 Å². The molecule has 0 bridgehead atoms. The topological polar surface area (TPSA) is 102 Å². The van der Waals surface area contributed by atoms with Gasteiger partial charge < -0.3 is 20.1 Å². The van der Waals surface area contributed by atoms with Crippen molar-refractivity contribution in [2.24, 2.45) is 0 Å². The van der Waals surface area contributed by atoms with Gasteiger partial charge in [0.1, 0.15) is 11.5 Å². The van der Waals surface area contributed by atoms with Crippen LogP contribution in [-0.2, 0) is 9.47 Å². The molecule has 1 fully saturated rings. The predicted octanol–water partition coefficient (Wildman–Crippen LogP) is 1.92. The Labute approximate surface area is 150 Å². The quantitative estimate of drug-likeness (QED) is 0.762. The molecule has 0 radical (unpaired) electrons. The number of nitrogens with one attached hydrogen (secondary N) is 2. The highest BCUT2D eigenvalue weighted by Crippen LogP contribution is 2.15. The molecule has 1 atom stereocenters. The number of aromatic nitrogens is 2. The van der Waals surface area contributed by atoms with E-state index >= 15 is 0 Å². The number of carbonyl (C=O) groups excluding carboxylic acids is 2. The number of amides is 1. The van der Waals surface area contributed by atoms with Crippen LogP contribution in [0.3, 0.4) is 0 Å². The fourth-order valence-electron chi connectivity index (χ4n) is 2.57. The highest BCUT2D eigenvalue weighted by atomic mass is 16.5. The van der Waals surface area contributed by atoms with Gasteiger partial charge in [-0.3, -0.25) is 4.79 Å². The van der Waals surface area contributed by atoms with Crippen molar-refractivity contribution in [3.63, 3.8) is 0 Å². The van der Waals surface area contributed by atoms with Gasteiger partial charge >= 0.3 is 5.97 Å². The van der Waals surface area contributed by atoms with Crippen molar-refractivity contribution in [3.8, 4) is 0 Å². The Morgan fingerprint density at radius 1 is 1.23 bits per heavy atom. The van der Waals surface area contributed by atoms with E-state index in [-0.39, 0.29) is 17.7 Å². The molecule has 136 valence electrons. The van der Waals surface area contributed by atoms with Crippen LogP contribution in [0.15, 0.2) is 36.7 Å². The van der Waals surface area contributed by atoms with Gasteiger partial charge in [0.15, 0.2) is 0 Å².